The number of hydrogen-bond donors (Lipinski definition) is 3. The van der Waals surface area contributed by atoms with Gasteiger partial charge in [0.1, 0.15) is 23.4 Å². The van der Waals surface area contributed by atoms with Crippen molar-refractivity contribution in [2.24, 2.45) is 0 Å². The van der Waals surface area contributed by atoms with Crippen LogP contribution < -0.4 is 15.5 Å². The molecule has 0 unspecified atom stereocenters. The standard InChI is InChI=1S/C17H18FN3O5S/c18-12-1-3-13(4-2-12)26-14-5-7-15(8-6-14)27(24,25)21-10-9-19-11-16(21)17(22)20-23/h1-8,16,19,23H,9-11H2,(H,20,22)/t16-/m1/s1. The molecule has 2 aromatic carbocycles. The van der Waals surface area contributed by atoms with E-state index in [4.69, 9.17) is 9.94 Å². The molecule has 1 amide bonds. The summed E-state index contributed by atoms with van der Waals surface area (Å²) >= 11 is 0. The number of nitrogens with one attached hydrogen (secondary N) is 2. The van der Waals surface area contributed by atoms with Crippen LogP contribution in [-0.2, 0) is 14.8 Å². The fourth-order valence-corrected chi connectivity index (χ4v) is 4.31. The van der Waals surface area contributed by atoms with Gasteiger partial charge in [0.15, 0.2) is 0 Å². The van der Waals surface area contributed by atoms with Gasteiger partial charge in [0, 0.05) is 19.6 Å². The fraction of sp³-hybridized carbons (Fsp3) is 0.235. The highest BCUT2D eigenvalue weighted by molar-refractivity contribution is 7.89. The van der Waals surface area contributed by atoms with Gasteiger partial charge in [0.25, 0.3) is 5.91 Å². The molecule has 0 spiro atoms. The van der Waals surface area contributed by atoms with Crippen LogP contribution in [0.15, 0.2) is 53.4 Å². The van der Waals surface area contributed by atoms with Crippen molar-refractivity contribution in [1.29, 1.82) is 0 Å². The summed E-state index contributed by atoms with van der Waals surface area (Å²) in [5.74, 6) is -0.400. The van der Waals surface area contributed by atoms with E-state index in [0.29, 0.717) is 18.0 Å². The number of hydrogen-bond acceptors (Lipinski definition) is 6. The maximum absolute atomic E-state index is 12.9. The van der Waals surface area contributed by atoms with Gasteiger partial charge >= 0.3 is 0 Å². The van der Waals surface area contributed by atoms with E-state index in [-0.39, 0.29) is 23.8 Å². The molecule has 2 aromatic rings. The number of carbonyl (C=O) groups is 1. The van der Waals surface area contributed by atoms with Crippen molar-refractivity contribution in [2.75, 3.05) is 19.6 Å². The molecule has 1 atom stereocenters. The van der Waals surface area contributed by atoms with E-state index in [2.05, 4.69) is 5.32 Å². The summed E-state index contributed by atoms with van der Waals surface area (Å²) in [5.41, 5.74) is 1.50. The van der Waals surface area contributed by atoms with Crippen molar-refractivity contribution >= 4 is 15.9 Å². The number of carbonyl (C=O) groups excluding carboxylic acids is 1. The Kier molecular flexibility index (Phi) is 5.71. The van der Waals surface area contributed by atoms with Crippen molar-refractivity contribution in [1.82, 2.24) is 15.1 Å². The van der Waals surface area contributed by atoms with Gasteiger partial charge in [0.05, 0.1) is 4.90 Å². The van der Waals surface area contributed by atoms with Gasteiger partial charge in [-0.2, -0.15) is 4.31 Å². The number of ether oxygens (including phenoxy) is 1. The minimum atomic E-state index is -3.95. The van der Waals surface area contributed by atoms with E-state index in [0.717, 1.165) is 4.31 Å². The van der Waals surface area contributed by atoms with E-state index in [1.807, 2.05) is 0 Å². The quantitative estimate of drug-likeness (QED) is 0.517. The molecule has 1 saturated heterocycles. The molecule has 0 saturated carbocycles. The third-order valence-electron chi connectivity index (χ3n) is 4.09. The molecule has 1 aliphatic rings. The van der Waals surface area contributed by atoms with E-state index in [1.54, 1.807) is 0 Å². The van der Waals surface area contributed by atoms with Crippen LogP contribution in [0.3, 0.4) is 0 Å². The summed E-state index contributed by atoms with van der Waals surface area (Å²) in [7, 11) is -3.95. The van der Waals surface area contributed by atoms with Crippen LogP contribution in [0, 0.1) is 5.82 Å². The lowest BCUT2D eigenvalue weighted by Crippen LogP contribution is -2.59. The lowest BCUT2D eigenvalue weighted by molar-refractivity contribution is -0.133. The molecule has 10 heteroatoms. The van der Waals surface area contributed by atoms with Crippen molar-refractivity contribution in [3.63, 3.8) is 0 Å². The predicted molar refractivity (Wildman–Crippen MR) is 93.4 cm³/mol. The van der Waals surface area contributed by atoms with Crippen LogP contribution >= 0.6 is 0 Å². The average molecular weight is 395 g/mol. The molecule has 0 aliphatic carbocycles. The van der Waals surface area contributed by atoms with Crippen LogP contribution in [-0.4, -0.2) is 49.5 Å². The van der Waals surface area contributed by atoms with Gasteiger partial charge in [-0.1, -0.05) is 0 Å². The van der Waals surface area contributed by atoms with E-state index in [1.165, 1.54) is 54.0 Å². The highest BCUT2D eigenvalue weighted by Gasteiger charge is 2.37. The molecule has 1 aliphatic heterocycles. The Morgan fingerprint density at radius 3 is 2.33 bits per heavy atom. The molecule has 1 heterocycles. The van der Waals surface area contributed by atoms with Crippen LogP contribution in [0.25, 0.3) is 0 Å². The number of halogens is 1. The Labute approximate surface area is 155 Å². The zero-order valence-electron chi connectivity index (χ0n) is 14.1. The predicted octanol–water partition coefficient (Wildman–Crippen LogP) is 1.09. The topological polar surface area (TPSA) is 108 Å². The molecular formula is C17H18FN3O5S. The zero-order chi connectivity index (χ0) is 19.4. The summed E-state index contributed by atoms with van der Waals surface area (Å²) in [6, 6.07) is 10.0. The lowest BCUT2D eigenvalue weighted by Gasteiger charge is -2.33. The molecule has 0 aromatic heterocycles. The number of sulfonamides is 1. The average Bonchev–Trinajstić information content (AvgIpc) is 2.69. The van der Waals surface area contributed by atoms with Gasteiger partial charge in [-0.3, -0.25) is 10.0 Å². The van der Waals surface area contributed by atoms with E-state index in [9.17, 15) is 17.6 Å². The van der Waals surface area contributed by atoms with Crippen LogP contribution in [0.1, 0.15) is 0 Å². The second-order valence-electron chi connectivity index (χ2n) is 5.84. The van der Waals surface area contributed by atoms with E-state index < -0.39 is 22.0 Å². The van der Waals surface area contributed by atoms with Crippen molar-refractivity contribution < 1.29 is 27.5 Å². The zero-order valence-corrected chi connectivity index (χ0v) is 14.9. The molecule has 0 bridgehead atoms. The minimum Gasteiger partial charge on any atom is -0.457 e. The number of piperazine rings is 1. The molecule has 0 radical (unpaired) electrons. The van der Waals surface area contributed by atoms with Crippen molar-refractivity contribution in [3.05, 3.63) is 54.3 Å². The first kappa shape index (κ1) is 19.2. The molecule has 3 N–H and O–H groups in total. The first-order chi connectivity index (χ1) is 12.9. The van der Waals surface area contributed by atoms with Gasteiger partial charge in [0.2, 0.25) is 10.0 Å². The normalized spacial score (nSPS) is 18.1. The van der Waals surface area contributed by atoms with Crippen molar-refractivity contribution in [3.8, 4) is 11.5 Å². The Balaban J connectivity index is 1.80. The highest BCUT2D eigenvalue weighted by Crippen LogP contribution is 2.25. The largest absolute Gasteiger partial charge is 0.457 e. The van der Waals surface area contributed by atoms with E-state index >= 15 is 0 Å². The first-order valence-electron chi connectivity index (χ1n) is 8.12. The Morgan fingerprint density at radius 2 is 1.74 bits per heavy atom. The summed E-state index contributed by atoms with van der Waals surface area (Å²) in [4.78, 5) is 11.8. The number of hydroxylamine groups is 1. The van der Waals surface area contributed by atoms with Crippen LogP contribution in [0.4, 0.5) is 4.39 Å². The van der Waals surface area contributed by atoms with Crippen molar-refractivity contribution in [2.45, 2.75) is 10.9 Å². The third kappa shape index (κ3) is 4.25. The Morgan fingerprint density at radius 1 is 1.15 bits per heavy atom. The van der Waals surface area contributed by atoms with Crippen LogP contribution in [0.2, 0.25) is 0 Å². The molecule has 144 valence electrons. The SMILES string of the molecule is O=C(NO)[C@H]1CNCCN1S(=O)(=O)c1ccc(Oc2ccc(F)cc2)cc1. The molecule has 3 rings (SSSR count). The fourth-order valence-electron chi connectivity index (χ4n) is 2.73. The second kappa shape index (κ2) is 8.01. The Bertz CT molecular complexity index is 903. The number of rotatable bonds is 5. The maximum atomic E-state index is 12.9. The third-order valence-corrected chi connectivity index (χ3v) is 6.01. The van der Waals surface area contributed by atoms with Gasteiger partial charge in [-0.25, -0.2) is 18.3 Å². The van der Waals surface area contributed by atoms with Gasteiger partial charge in [-0.05, 0) is 48.5 Å². The minimum absolute atomic E-state index is 0.00778. The summed E-state index contributed by atoms with van der Waals surface area (Å²) in [6.07, 6.45) is 0. The number of benzene rings is 2. The maximum Gasteiger partial charge on any atom is 0.263 e. The lowest BCUT2D eigenvalue weighted by atomic mass is 10.2. The smallest absolute Gasteiger partial charge is 0.263 e. The highest BCUT2D eigenvalue weighted by atomic mass is 32.2. The molecular weight excluding hydrogens is 377 g/mol. The van der Waals surface area contributed by atoms with Gasteiger partial charge in [-0.15, -0.1) is 0 Å². The number of nitrogens with zero attached hydrogens (tertiary/aromatic N) is 1. The summed E-state index contributed by atoms with van der Waals surface area (Å²) < 4.78 is 45.3. The monoisotopic (exact) mass is 395 g/mol. The molecule has 27 heavy (non-hydrogen) atoms. The number of amides is 1. The Hall–Kier alpha value is -2.53. The van der Waals surface area contributed by atoms with Crippen LogP contribution in [0.5, 0.6) is 11.5 Å². The van der Waals surface area contributed by atoms with Gasteiger partial charge < -0.3 is 10.1 Å². The summed E-state index contributed by atoms with van der Waals surface area (Å²) in [5, 5.41) is 11.8. The second-order valence-corrected chi connectivity index (χ2v) is 7.73. The first-order valence-corrected chi connectivity index (χ1v) is 9.56. The molecule has 1 fully saturated rings. The summed E-state index contributed by atoms with van der Waals surface area (Å²) in [6.45, 7) is 0.575. The molecule has 8 nitrogen and oxygen atoms in total.